The summed E-state index contributed by atoms with van der Waals surface area (Å²) in [4.78, 5) is 15.2. The SMILES string of the molecule is C[C@@H](NC(=O)NC1(CN2CCCC2)CCCCC1)[C@@H](O)c1ccc(O)cc1. The van der Waals surface area contributed by atoms with E-state index in [1.165, 1.54) is 19.3 Å². The summed E-state index contributed by atoms with van der Waals surface area (Å²) in [5.41, 5.74) is 0.514. The molecule has 1 aliphatic heterocycles. The highest BCUT2D eigenvalue weighted by atomic mass is 16.3. The van der Waals surface area contributed by atoms with Gasteiger partial charge in [0.1, 0.15) is 5.75 Å². The van der Waals surface area contributed by atoms with Gasteiger partial charge >= 0.3 is 6.03 Å². The third-order valence-corrected chi connectivity index (χ3v) is 5.98. The molecule has 2 aliphatic rings. The van der Waals surface area contributed by atoms with Gasteiger partial charge in [-0.3, -0.25) is 0 Å². The van der Waals surface area contributed by atoms with Gasteiger partial charge in [0.05, 0.1) is 17.7 Å². The molecule has 0 bridgehead atoms. The first kappa shape index (κ1) is 20.0. The molecule has 2 fully saturated rings. The van der Waals surface area contributed by atoms with E-state index in [4.69, 9.17) is 0 Å². The molecule has 0 unspecified atom stereocenters. The molecule has 3 rings (SSSR count). The zero-order valence-electron chi connectivity index (χ0n) is 16.3. The molecule has 0 aromatic heterocycles. The molecule has 1 heterocycles. The van der Waals surface area contributed by atoms with Crippen molar-refractivity contribution in [2.45, 2.75) is 69.6 Å². The fourth-order valence-corrected chi connectivity index (χ4v) is 4.44. The molecule has 1 aliphatic carbocycles. The summed E-state index contributed by atoms with van der Waals surface area (Å²) in [7, 11) is 0. The molecule has 1 aromatic carbocycles. The average Bonchev–Trinajstić information content (AvgIpc) is 3.14. The number of phenols is 1. The van der Waals surface area contributed by atoms with Gasteiger partial charge in [-0.05, 0) is 63.4 Å². The number of hydrogen-bond acceptors (Lipinski definition) is 4. The molecule has 1 saturated heterocycles. The zero-order valence-corrected chi connectivity index (χ0v) is 16.3. The molecule has 6 nitrogen and oxygen atoms in total. The van der Waals surface area contributed by atoms with Crippen molar-refractivity contribution >= 4 is 6.03 Å². The second kappa shape index (κ2) is 8.93. The lowest BCUT2D eigenvalue weighted by Crippen LogP contribution is -2.59. The van der Waals surface area contributed by atoms with E-state index < -0.39 is 12.1 Å². The van der Waals surface area contributed by atoms with E-state index >= 15 is 0 Å². The van der Waals surface area contributed by atoms with Gasteiger partial charge < -0.3 is 25.7 Å². The van der Waals surface area contributed by atoms with E-state index in [1.807, 2.05) is 0 Å². The van der Waals surface area contributed by atoms with E-state index in [9.17, 15) is 15.0 Å². The second-order valence-electron chi connectivity index (χ2n) is 8.25. The average molecular weight is 376 g/mol. The van der Waals surface area contributed by atoms with E-state index in [1.54, 1.807) is 31.2 Å². The van der Waals surface area contributed by atoms with Gasteiger partial charge in [0, 0.05) is 6.54 Å². The number of likely N-dealkylation sites (tertiary alicyclic amines) is 1. The van der Waals surface area contributed by atoms with Crippen LogP contribution in [0, 0.1) is 0 Å². The standard InChI is InChI=1S/C21H33N3O3/c1-16(19(26)17-7-9-18(25)10-8-17)22-20(27)23-21(11-3-2-4-12-21)15-24-13-5-6-14-24/h7-10,16,19,25-26H,2-6,11-15H2,1H3,(H2,22,23,27)/t16-,19-/m1/s1. The molecule has 0 radical (unpaired) electrons. The van der Waals surface area contributed by atoms with Crippen LogP contribution in [0.3, 0.4) is 0 Å². The van der Waals surface area contributed by atoms with Crippen LogP contribution in [0.4, 0.5) is 4.79 Å². The number of rotatable bonds is 6. The van der Waals surface area contributed by atoms with Gasteiger partial charge in [0.2, 0.25) is 0 Å². The van der Waals surface area contributed by atoms with Crippen molar-refractivity contribution < 1.29 is 15.0 Å². The van der Waals surface area contributed by atoms with Crippen LogP contribution < -0.4 is 10.6 Å². The fraction of sp³-hybridized carbons (Fsp3) is 0.667. The van der Waals surface area contributed by atoms with E-state index in [0.717, 1.165) is 45.3 Å². The summed E-state index contributed by atoms with van der Waals surface area (Å²) < 4.78 is 0. The van der Waals surface area contributed by atoms with Gasteiger partial charge in [-0.25, -0.2) is 4.79 Å². The number of nitrogens with one attached hydrogen (secondary N) is 2. The van der Waals surface area contributed by atoms with Crippen molar-refractivity contribution in [3.05, 3.63) is 29.8 Å². The summed E-state index contributed by atoms with van der Waals surface area (Å²) in [6.45, 7) is 4.97. The molecule has 150 valence electrons. The van der Waals surface area contributed by atoms with Gasteiger partial charge in [0.15, 0.2) is 0 Å². The lowest BCUT2D eigenvalue weighted by Gasteiger charge is -2.41. The molecule has 2 amide bonds. The summed E-state index contributed by atoms with van der Waals surface area (Å²) in [5.74, 6) is 0.158. The molecule has 1 saturated carbocycles. The van der Waals surface area contributed by atoms with Crippen LogP contribution in [-0.2, 0) is 0 Å². The van der Waals surface area contributed by atoms with Crippen molar-refractivity contribution in [2.24, 2.45) is 0 Å². The number of amides is 2. The number of aliphatic hydroxyl groups excluding tert-OH is 1. The second-order valence-corrected chi connectivity index (χ2v) is 8.25. The first-order valence-corrected chi connectivity index (χ1v) is 10.3. The van der Waals surface area contributed by atoms with Crippen molar-refractivity contribution in [3.8, 4) is 5.75 Å². The van der Waals surface area contributed by atoms with Crippen LogP contribution in [-0.4, -0.2) is 52.4 Å². The predicted molar refractivity (Wildman–Crippen MR) is 106 cm³/mol. The van der Waals surface area contributed by atoms with Gasteiger partial charge in [-0.15, -0.1) is 0 Å². The number of carbonyl (C=O) groups excluding carboxylic acids is 1. The number of nitrogens with zero attached hydrogens (tertiary/aromatic N) is 1. The third-order valence-electron chi connectivity index (χ3n) is 5.98. The number of benzene rings is 1. The Kier molecular flexibility index (Phi) is 6.60. The van der Waals surface area contributed by atoms with E-state index in [2.05, 4.69) is 15.5 Å². The Bertz CT molecular complexity index is 608. The normalized spacial score (nSPS) is 22.1. The number of urea groups is 1. The van der Waals surface area contributed by atoms with E-state index in [-0.39, 0.29) is 17.3 Å². The van der Waals surface area contributed by atoms with Crippen molar-refractivity contribution in [1.29, 1.82) is 0 Å². The highest BCUT2D eigenvalue weighted by Gasteiger charge is 2.36. The maximum Gasteiger partial charge on any atom is 0.315 e. The Hall–Kier alpha value is -1.79. The molecular formula is C21H33N3O3. The van der Waals surface area contributed by atoms with Gasteiger partial charge in [-0.2, -0.15) is 0 Å². The minimum Gasteiger partial charge on any atom is -0.508 e. The maximum atomic E-state index is 12.7. The number of carbonyl (C=O) groups is 1. The number of aromatic hydroxyl groups is 1. The molecule has 1 aromatic rings. The Morgan fingerprint density at radius 3 is 2.37 bits per heavy atom. The minimum atomic E-state index is -0.822. The molecule has 4 N–H and O–H groups in total. The van der Waals surface area contributed by atoms with Gasteiger partial charge in [0.25, 0.3) is 0 Å². The van der Waals surface area contributed by atoms with Crippen LogP contribution in [0.5, 0.6) is 5.75 Å². The largest absolute Gasteiger partial charge is 0.508 e. The Morgan fingerprint density at radius 1 is 1.11 bits per heavy atom. The summed E-state index contributed by atoms with van der Waals surface area (Å²) in [6, 6.07) is 5.79. The monoisotopic (exact) mass is 375 g/mol. The Morgan fingerprint density at radius 2 is 1.74 bits per heavy atom. The number of aliphatic hydroxyl groups is 1. The van der Waals surface area contributed by atoms with Crippen molar-refractivity contribution in [1.82, 2.24) is 15.5 Å². The molecule has 0 spiro atoms. The highest BCUT2D eigenvalue weighted by Crippen LogP contribution is 2.30. The first-order valence-electron chi connectivity index (χ1n) is 10.3. The van der Waals surface area contributed by atoms with Gasteiger partial charge in [-0.1, -0.05) is 31.4 Å². The first-order chi connectivity index (χ1) is 13.0. The number of phenolic OH excluding ortho intramolecular Hbond substituents is 1. The topological polar surface area (TPSA) is 84.8 Å². The molecule has 2 atom stereocenters. The summed E-state index contributed by atoms with van der Waals surface area (Å²) in [5, 5.41) is 26.1. The van der Waals surface area contributed by atoms with Crippen LogP contribution in [0.25, 0.3) is 0 Å². The highest BCUT2D eigenvalue weighted by molar-refractivity contribution is 5.75. The fourth-order valence-electron chi connectivity index (χ4n) is 4.44. The number of hydrogen-bond donors (Lipinski definition) is 4. The zero-order chi connectivity index (χ0) is 19.3. The van der Waals surface area contributed by atoms with Crippen molar-refractivity contribution in [3.63, 3.8) is 0 Å². The summed E-state index contributed by atoms with van der Waals surface area (Å²) >= 11 is 0. The van der Waals surface area contributed by atoms with Crippen molar-refractivity contribution in [2.75, 3.05) is 19.6 Å². The summed E-state index contributed by atoms with van der Waals surface area (Å²) in [6.07, 6.45) is 7.26. The minimum absolute atomic E-state index is 0.157. The Labute approximate surface area is 162 Å². The smallest absolute Gasteiger partial charge is 0.315 e. The van der Waals surface area contributed by atoms with E-state index in [0.29, 0.717) is 5.56 Å². The van der Waals surface area contributed by atoms with Crippen LogP contribution in [0.1, 0.15) is 63.5 Å². The molecule has 6 heteroatoms. The predicted octanol–water partition coefficient (Wildman–Crippen LogP) is 2.91. The quantitative estimate of drug-likeness (QED) is 0.616. The van der Waals surface area contributed by atoms with Crippen LogP contribution in [0.2, 0.25) is 0 Å². The lowest BCUT2D eigenvalue weighted by molar-refractivity contribution is 0.128. The Balaban J connectivity index is 1.58. The molecule has 27 heavy (non-hydrogen) atoms. The lowest BCUT2D eigenvalue weighted by atomic mass is 9.81. The van der Waals surface area contributed by atoms with Crippen LogP contribution in [0.15, 0.2) is 24.3 Å². The van der Waals surface area contributed by atoms with Crippen LogP contribution >= 0.6 is 0 Å². The molecular weight excluding hydrogens is 342 g/mol. The maximum absolute atomic E-state index is 12.7. The third kappa shape index (κ3) is 5.36.